The minimum absolute atomic E-state index is 0.495. The van der Waals surface area contributed by atoms with Gasteiger partial charge in [0.05, 0.1) is 0 Å². The van der Waals surface area contributed by atoms with Crippen molar-refractivity contribution in [3.8, 4) is 0 Å². The highest BCUT2D eigenvalue weighted by Crippen LogP contribution is 2.56. The summed E-state index contributed by atoms with van der Waals surface area (Å²) in [5.41, 5.74) is 4.64. The summed E-state index contributed by atoms with van der Waals surface area (Å²) in [7, 11) is 0. The quantitative estimate of drug-likeness (QED) is 0.532. The topological polar surface area (TPSA) is 0 Å². The lowest BCUT2D eigenvalue weighted by Gasteiger charge is -2.41. The fourth-order valence-electron chi connectivity index (χ4n) is 3.48. The van der Waals surface area contributed by atoms with Gasteiger partial charge in [-0.2, -0.15) is 0 Å². The Hall–Kier alpha value is -0.260. The van der Waals surface area contributed by atoms with Crippen molar-refractivity contribution in [1.29, 1.82) is 0 Å². The van der Waals surface area contributed by atoms with E-state index in [2.05, 4.69) is 34.6 Å². The molecule has 2 rings (SSSR count). The van der Waals surface area contributed by atoms with E-state index in [4.69, 9.17) is 0 Å². The first-order chi connectivity index (χ1) is 6.87. The highest BCUT2D eigenvalue weighted by Gasteiger charge is 2.42. The largest absolute Gasteiger partial charge is 0.0651 e. The Morgan fingerprint density at radius 2 is 1.33 bits per heavy atom. The molecular weight excluding hydrogens is 180 g/mol. The van der Waals surface area contributed by atoms with Crippen molar-refractivity contribution in [1.82, 2.24) is 0 Å². The van der Waals surface area contributed by atoms with Crippen molar-refractivity contribution in [2.24, 2.45) is 16.7 Å². The van der Waals surface area contributed by atoms with E-state index in [1.54, 1.807) is 0 Å². The normalized spacial score (nSPS) is 29.4. The van der Waals surface area contributed by atoms with Crippen molar-refractivity contribution < 1.29 is 0 Å². The molecule has 0 aromatic carbocycles. The Morgan fingerprint density at radius 1 is 0.933 bits per heavy atom. The third-order valence-corrected chi connectivity index (χ3v) is 4.94. The standard InChI is InChI=1S/C15H26/c1-6-11-9-12-13(10-11)15(4,5)8-7-14(12,2)3/h11H,6-10H2,1-5H3. The zero-order chi connectivity index (χ0) is 11.3. The van der Waals surface area contributed by atoms with Gasteiger partial charge in [0.15, 0.2) is 0 Å². The van der Waals surface area contributed by atoms with Gasteiger partial charge in [-0.3, -0.25) is 0 Å². The molecule has 0 atom stereocenters. The lowest BCUT2D eigenvalue weighted by atomic mass is 9.64. The van der Waals surface area contributed by atoms with Crippen molar-refractivity contribution in [2.75, 3.05) is 0 Å². The lowest BCUT2D eigenvalue weighted by Crippen LogP contribution is -2.28. The predicted molar refractivity (Wildman–Crippen MR) is 66.8 cm³/mol. The molecule has 0 N–H and O–H groups in total. The second-order valence-corrected chi connectivity index (χ2v) is 6.91. The highest BCUT2D eigenvalue weighted by molar-refractivity contribution is 5.33. The molecule has 0 nitrogen and oxygen atoms in total. The molecule has 0 spiro atoms. The molecule has 0 fully saturated rings. The first-order valence-corrected chi connectivity index (χ1v) is 6.60. The van der Waals surface area contributed by atoms with Crippen LogP contribution in [0.25, 0.3) is 0 Å². The summed E-state index contributed by atoms with van der Waals surface area (Å²) in [5, 5.41) is 0. The summed E-state index contributed by atoms with van der Waals surface area (Å²) in [6.45, 7) is 12.2. The molecule has 0 aromatic rings. The van der Waals surface area contributed by atoms with Crippen LogP contribution < -0.4 is 0 Å². The van der Waals surface area contributed by atoms with Crippen molar-refractivity contribution in [2.45, 2.75) is 66.7 Å². The fraction of sp³-hybridized carbons (Fsp3) is 0.867. The van der Waals surface area contributed by atoms with Crippen LogP contribution in [0, 0.1) is 16.7 Å². The minimum atomic E-state index is 0.495. The van der Waals surface area contributed by atoms with Crippen LogP contribution in [0.1, 0.15) is 66.7 Å². The zero-order valence-corrected chi connectivity index (χ0v) is 11.1. The number of hydrogen-bond acceptors (Lipinski definition) is 0. The van der Waals surface area contributed by atoms with Crippen molar-refractivity contribution in [3.63, 3.8) is 0 Å². The van der Waals surface area contributed by atoms with Crippen LogP contribution in [0.5, 0.6) is 0 Å². The molecule has 0 amide bonds. The van der Waals surface area contributed by atoms with E-state index in [-0.39, 0.29) is 0 Å². The summed E-state index contributed by atoms with van der Waals surface area (Å²) in [5.74, 6) is 0.951. The van der Waals surface area contributed by atoms with Crippen LogP contribution in [0.3, 0.4) is 0 Å². The minimum Gasteiger partial charge on any atom is -0.0651 e. The molecule has 0 aliphatic heterocycles. The van der Waals surface area contributed by atoms with Crippen LogP contribution >= 0.6 is 0 Å². The SMILES string of the molecule is CCC1CC2=C(C1)C(C)(C)CCC2(C)C. The predicted octanol–water partition coefficient (Wildman–Crippen LogP) is 4.95. The Kier molecular flexibility index (Phi) is 2.52. The van der Waals surface area contributed by atoms with Gasteiger partial charge < -0.3 is 0 Å². The second kappa shape index (κ2) is 3.37. The van der Waals surface area contributed by atoms with E-state index in [1.807, 2.05) is 11.1 Å². The van der Waals surface area contributed by atoms with Crippen LogP contribution in [0.15, 0.2) is 11.1 Å². The van der Waals surface area contributed by atoms with Crippen molar-refractivity contribution >= 4 is 0 Å². The Morgan fingerprint density at radius 3 is 1.67 bits per heavy atom. The molecule has 0 bridgehead atoms. The summed E-state index contributed by atoms with van der Waals surface area (Å²) in [6, 6.07) is 0. The van der Waals surface area contributed by atoms with E-state index >= 15 is 0 Å². The van der Waals surface area contributed by atoms with Gasteiger partial charge in [-0.15, -0.1) is 0 Å². The summed E-state index contributed by atoms with van der Waals surface area (Å²) in [4.78, 5) is 0. The van der Waals surface area contributed by atoms with E-state index < -0.39 is 0 Å². The molecule has 0 saturated carbocycles. The van der Waals surface area contributed by atoms with E-state index in [0.717, 1.165) is 5.92 Å². The Balaban J connectivity index is 2.35. The first kappa shape index (κ1) is 11.2. The molecule has 0 radical (unpaired) electrons. The fourth-order valence-corrected chi connectivity index (χ4v) is 3.48. The second-order valence-electron chi connectivity index (χ2n) is 6.91. The molecule has 2 aliphatic carbocycles. The summed E-state index contributed by atoms with van der Waals surface area (Å²) in [6.07, 6.45) is 6.91. The van der Waals surface area contributed by atoms with Gasteiger partial charge in [0.2, 0.25) is 0 Å². The van der Waals surface area contributed by atoms with Crippen LogP contribution in [0.2, 0.25) is 0 Å². The number of rotatable bonds is 1. The molecule has 0 unspecified atom stereocenters. The molecule has 0 heteroatoms. The first-order valence-electron chi connectivity index (χ1n) is 6.60. The molecule has 86 valence electrons. The summed E-state index contributed by atoms with van der Waals surface area (Å²) < 4.78 is 0. The van der Waals surface area contributed by atoms with Gasteiger partial charge in [-0.1, -0.05) is 52.2 Å². The van der Waals surface area contributed by atoms with E-state index in [1.165, 1.54) is 32.1 Å². The third kappa shape index (κ3) is 1.77. The van der Waals surface area contributed by atoms with Gasteiger partial charge in [0, 0.05) is 0 Å². The maximum Gasteiger partial charge on any atom is -0.0141 e. The smallest absolute Gasteiger partial charge is 0.0141 e. The molecule has 0 aromatic heterocycles. The van der Waals surface area contributed by atoms with Gasteiger partial charge in [0.1, 0.15) is 0 Å². The third-order valence-electron chi connectivity index (χ3n) is 4.94. The van der Waals surface area contributed by atoms with Crippen LogP contribution in [-0.2, 0) is 0 Å². The monoisotopic (exact) mass is 206 g/mol. The molecule has 0 saturated heterocycles. The van der Waals surface area contributed by atoms with Crippen LogP contribution in [-0.4, -0.2) is 0 Å². The maximum atomic E-state index is 2.45. The molecule has 2 aliphatic rings. The van der Waals surface area contributed by atoms with Crippen LogP contribution in [0.4, 0.5) is 0 Å². The van der Waals surface area contributed by atoms with Gasteiger partial charge >= 0.3 is 0 Å². The zero-order valence-electron chi connectivity index (χ0n) is 11.1. The molecule has 15 heavy (non-hydrogen) atoms. The average Bonchev–Trinajstić information content (AvgIpc) is 2.59. The lowest BCUT2D eigenvalue weighted by molar-refractivity contribution is 0.262. The number of allylic oxidation sites excluding steroid dienone is 2. The van der Waals surface area contributed by atoms with E-state index in [0.29, 0.717) is 10.8 Å². The molecule has 0 heterocycles. The Bertz CT molecular complexity index is 263. The Labute approximate surface area is 95.1 Å². The summed E-state index contributed by atoms with van der Waals surface area (Å²) >= 11 is 0. The maximum absolute atomic E-state index is 2.45. The van der Waals surface area contributed by atoms with Gasteiger partial charge in [-0.25, -0.2) is 0 Å². The van der Waals surface area contributed by atoms with Crippen molar-refractivity contribution in [3.05, 3.63) is 11.1 Å². The number of hydrogen-bond donors (Lipinski definition) is 0. The van der Waals surface area contributed by atoms with Gasteiger partial charge in [-0.05, 0) is 42.4 Å². The van der Waals surface area contributed by atoms with Gasteiger partial charge in [0.25, 0.3) is 0 Å². The highest BCUT2D eigenvalue weighted by atomic mass is 14.5. The molecular formula is C15H26. The van der Waals surface area contributed by atoms with E-state index in [9.17, 15) is 0 Å². The average molecular weight is 206 g/mol.